The number of nitrogens with zero attached hydrogens (tertiary/aromatic N) is 2. The van der Waals surface area contributed by atoms with Gasteiger partial charge in [-0.05, 0) is 18.2 Å². The highest BCUT2D eigenvalue weighted by atomic mass is 19.1. The average Bonchev–Trinajstić information content (AvgIpc) is 2.38. The van der Waals surface area contributed by atoms with Crippen LogP contribution in [0.5, 0.6) is 0 Å². The Hall–Kier alpha value is -1.92. The first kappa shape index (κ1) is 12.5. The fourth-order valence-electron chi connectivity index (χ4n) is 1.49. The van der Waals surface area contributed by atoms with Gasteiger partial charge in [0.05, 0.1) is 5.69 Å². The van der Waals surface area contributed by atoms with Crippen LogP contribution in [0, 0.1) is 11.6 Å². The van der Waals surface area contributed by atoms with Gasteiger partial charge in [-0.3, -0.25) is 0 Å². The zero-order chi connectivity index (χ0) is 13.1. The predicted molar refractivity (Wildman–Crippen MR) is 61.4 cm³/mol. The fraction of sp³-hybridized carbons (Fsp3) is 0.167. The van der Waals surface area contributed by atoms with E-state index in [1.54, 1.807) is 0 Å². The summed E-state index contributed by atoms with van der Waals surface area (Å²) in [5.74, 6) is -1.27. The van der Waals surface area contributed by atoms with Crippen LogP contribution in [0.1, 0.15) is 11.9 Å². The Morgan fingerprint density at radius 1 is 1.28 bits per heavy atom. The molecule has 4 nitrogen and oxygen atoms in total. The number of nitrogens with two attached hydrogens (primary N) is 1. The van der Waals surface area contributed by atoms with Gasteiger partial charge in [-0.25, -0.2) is 18.7 Å². The third kappa shape index (κ3) is 2.49. The lowest BCUT2D eigenvalue weighted by atomic mass is 10.1. The molecule has 0 aliphatic rings. The topological polar surface area (TPSA) is 72.0 Å². The van der Waals surface area contributed by atoms with Crippen LogP contribution in [0.15, 0.2) is 30.5 Å². The van der Waals surface area contributed by atoms with Gasteiger partial charge in [0.2, 0.25) is 0 Å². The van der Waals surface area contributed by atoms with Crippen molar-refractivity contribution in [1.82, 2.24) is 9.97 Å². The molecule has 2 rings (SSSR count). The molecule has 6 heteroatoms. The van der Waals surface area contributed by atoms with E-state index in [0.29, 0.717) is 0 Å². The SMILES string of the molecule is NCC(O)c1nccc(-c2ccc(F)cc2F)n1. The zero-order valence-corrected chi connectivity index (χ0v) is 9.35. The molecule has 0 amide bonds. The van der Waals surface area contributed by atoms with Gasteiger partial charge >= 0.3 is 0 Å². The Kier molecular flexibility index (Phi) is 3.59. The lowest BCUT2D eigenvalue weighted by Crippen LogP contribution is -2.14. The summed E-state index contributed by atoms with van der Waals surface area (Å²) in [6, 6.07) is 4.67. The molecule has 94 valence electrons. The molecule has 0 bridgehead atoms. The minimum Gasteiger partial charge on any atom is -0.384 e. The van der Waals surface area contributed by atoms with Gasteiger partial charge < -0.3 is 10.8 Å². The van der Waals surface area contributed by atoms with Crippen LogP contribution in [0.4, 0.5) is 8.78 Å². The van der Waals surface area contributed by atoms with Crippen molar-refractivity contribution in [1.29, 1.82) is 0 Å². The number of aliphatic hydroxyl groups is 1. The molecule has 1 unspecified atom stereocenters. The molecule has 0 spiro atoms. The van der Waals surface area contributed by atoms with Crippen molar-refractivity contribution in [2.45, 2.75) is 6.10 Å². The van der Waals surface area contributed by atoms with Gasteiger partial charge in [0.25, 0.3) is 0 Å². The number of aromatic nitrogens is 2. The number of hydrogen-bond donors (Lipinski definition) is 2. The van der Waals surface area contributed by atoms with Crippen molar-refractivity contribution < 1.29 is 13.9 Å². The zero-order valence-electron chi connectivity index (χ0n) is 9.35. The minimum absolute atomic E-state index is 0.0324. The van der Waals surface area contributed by atoms with E-state index in [1.165, 1.54) is 18.3 Å². The third-order valence-corrected chi connectivity index (χ3v) is 2.40. The maximum absolute atomic E-state index is 13.6. The Balaban J connectivity index is 2.44. The van der Waals surface area contributed by atoms with E-state index in [0.717, 1.165) is 12.1 Å². The fourth-order valence-corrected chi connectivity index (χ4v) is 1.49. The van der Waals surface area contributed by atoms with Crippen molar-refractivity contribution in [3.63, 3.8) is 0 Å². The lowest BCUT2D eigenvalue weighted by molar-refractivity contribution is 0.176. The summed E-state index contributed by atoms with van der Waals surface area (Å²) in [6.45, 7) is -0.0324. The summed E-state index contributed by atoms with van der Waals surface area (Å²) in [6.07, 6.45) is 0.382. The smallest absolute Gasteiger partial charge is 0.158 e. The van der Waals surface area contributed by atoms with Crippen LogP contribution in [0.2, 0.25) is 0 Å². The second-order valence-corrected chi connectivity index (χ2v) is 3.68. The third-order valence-electron chi connectivity index (χ3n) is 2.40. The first-order valence-corrected chi connectivity index (χ1v) is 5.28. The normalized spacial score (nSPS) is 12.4. The molecule has 1 atom stereocenters. The van der Waals surface area contributed by atoms with Gasteiger partial charge in [-0.15, -0.1) is 0 Å². The Morgan fingerprint density at radius 2 is 2.06 bits per heavy atom. The van der Waals surface area contributed by atoms with Gasteiger partial charge in [0, 0.05) is 24.4 Å². The van der Waals surface area contributed by atoms with E-state index in [-0.39, 0.29) is 23.6 Å². The second-order valence-electron chi connectivity index (χ2n) is 3.68. The molecule has 0 saturated heterocycles. The summed E-state index contributed by atoms with van der Waals surface area (Å²) in [5.41, 5.74) is 5.70. The highest BCUT2D eigenvalue weighted by molar-refractivity contribution is 5.59. The number of benzene rings is 1. The molecule has 0 fully saturated rings. The quantitative estimate of drug-likeness (QED) is 0.865. The van der Waals surface area contributed by atoms with Gasteiger partial charge in [-0.1, -0.05) is 0 Å². The summed E-state index contributed by atoms with van der Waals surface area (Å²) >= 11 is 0. The number of halogens is 2. The van der Waals surface area contributed by atoms with Crippen LogP contribution in [-0.4, -0.2) is 21.6 Å². The average molecular weight is 251 g/mol. The van der Waals surface area contributed by atoms with Crippen LogP contribution in [-0.2, 0) is 0 Å². The van der Waals surface area contributed by atoms with E-state index in [2.05, 4.69) is 9.97 Å². The van der Waals surface area contributed by atoms with Crippen LogP contribution >= 0.6 is 0 Å². The van der Waals surface area contributed by atoms with E-state index in [1.807, 2.05) is 0 Å². The number of rotatable bonds is 3. The first-order valence-electron chi connectivity index (χ1n) is 5.28. The molecule has 0 radical (unpaired) electrons. The summed E-state index contributed by atoms with van der Waals surface area (Å²) in [7, 11) is 0. The molecule has 18 heavy (non-hydrogen) atoms. The van der Waals surface area contributed by atoms with Crippen molar-refractivity contribution in [2.24, 2.45) is 5.73 Å². The largest absolute Gasteiger partial charge is 0.384 e. The molecule has 0 saturated carbocycles. The lowest BCUT2D eigenvalue weighted by Gasteiger charge is -2.08. The maximum Gasteiger partial charge on any atom is 0.158 e. The minimum atomic E-state index is -1.01. The highest BCUT2D eigenvalue weighted by Crippen LogP contribution is 2.22. The van der Waals surface area contributed by atoms with Gasteiger partial charge in [-0.2, -0.15) is 0 Å². The van der Waals surface area contributed by atoms with E-state index < -0.39 is 17.7 Å². The molecule has 3 N–H and O–H groups in total. The maximum atomic E-state index is 13.6. The molecule has 0 aliphatic carbocycles. The van der Waals surface area contributed by atoms with Crippen molar-refractivity contribution in [3.05, 3.63) is 47.9 Å². The molecule has 0 aliphatic heterocycles. The Labute approximate surface area is 102 Å². The Morgan fingerprint density at radius 3 is 2.72 bits per heavy atom. The number of hydrogen-bond acceptors (Lipinski definition) is 4. The molecular formula is C12H11F2N3O. The second kappa shape index (κ2) is 5.16. The summed E-state index contributed by atoms with van der Waals surface area (Å²) < 4.78 is 26.4. The standard InChI is InChI=1S/C12H11F2N3O/c13-7-1-2-8(9(14)5-7)10-3-4-16-12(17-10)11(18)6-15/h1-5,11,18H,6,15H2. The molecular weight excluding hydrogens is 240 g/mol. The van der Waals surface area contributed by atoms with Gasteiger partial charge in [0.1, 0.15) is 17.7 Å². The van der Waals surface area contributed by atoms with Crippen LogP contribution in [0.3, 0.4) is 0 Å². The van der Waals surface area contributed by atoms with E-state index >= 15 is 0 Å². The van der Waals surface area contributed by atoms with Crippen LogP contribution in [0.25, 0.3) is 11.3 Å². The molecule has 2 aromatic rings. The highest BCUT2D eigenvalue weighted by Gasteiger charge is 2.12. The van der Waals surface area contributed by atoms with Gasteiger partial charge in [0.15, 0.2) is 5.82 Å². The summed E-state index contributed by atoms with van der Waals surface area (Å²) in [5, 5.41) is 9.51. The molecule has 1 heterocycles. The van der Waals surface area contributed by atoms with Crippen molar-refractivity contribution in [2.75, 3.05) is 6.54 Å². The first-order chi connectivity index (χ1) is 8.61. The van der Waals surface area contributed by atoms with Crippen molar-refractivity contribution in [3.8, 4) is 11.3 Å². The molecule has 1 aromatic carbocycles. The number of aliphatic hydroxyl groups excluding tert-OH is 1. The Bertz CT molecular complexity index is 563. The predicted octanol–water partition coefficient (Wildman–Crippen LogP) is 1.41. The molecule has 1 aromatic heterocycles. The van der Waals surface area contributed by atoms with E-state index in [9.17, 15) is 13.9 Å². The van der Waals surface area contributed by atoms with Crippen molar-refractivity contribution >= 4 is 0 Å². The van der Waals surface area contributed by atoms with Crippen LogP contribution < -0.4 is 5.73 Å². The summed E-state index contributed by atoms with van der Waals surface area (Å²) in [4.78, 5) is 7.85. The monoisotopic (exact) mass is 251 g/mol. The van der Waals surface area contributed by atoms with E-state index in [4.69, 9.17) is 5.73 Å².